The highest BCUT2D eigenvalue weighted by Gasteiger charge is 2.38. The molecule has 1 aliphatic carbocycles. The lowest BCUT2D eigenvalue weighted by atomic mass is 9.98. The predicted molar refractivity (Wildman–Crippen MR) is 91.1 cm³/mol. The quantitative estimate of drug-likeness (QED) is 0.854. The Hall–Kier alpha value is -1.79. The van der Waals surface area contributed by atoms with Crippen molar-refractivity contribution in [3.05, 3.63) is 46.2 Å². The first kappa shape index (κ1) is 16.1. The molecule has 1 amide bonds. The lowest BCUT2D eigenvalue weighted by Crippen LogP contribution is -2.45. The van der Waals surface area contributed by atoms with Gasteiger partial charge in [0.2, 0.25) is 5.91 Å². The maximum atomic E-state index is 12.1. The van der Waals surface area contributed by atoms with E-state index in [1.165, 1.54) is 12.8 Å². The summed E-state index contributed by atoms with van der Waals surface area (Å²) in [5.41, 5.74) is 1.80. The summed E-state index contributed by atoms with van der Waals surface area (Å²) in [7, 11) is 0. The van der Waals surface area contributed by atoms with Crippen LogP contribution in [0.2, 0.25) is 0 Å². The van der Waals surface area contributed by atoms with Gasteiger partial charge in [0.1, 0.15) is 5.01 Å². The highest BCUT2D eigenvalue weighted by Crippen LogP contribution is 2.39. The highest BCUT2D eigenvalue weighted by molar-refractivity contribution is 7.09. The first-order valence-corrected chi connectivity index (χ1v) is 8.90. The van der Waals surface area contributed by atoms with Crippen molar-refractivity contribution < 1.29 is 4.79 Å². The van der Waals surface area contributed by atoms with Gasteiger partial charge < -0.3 is 5.32 Å². The van der Waals surface area contributed by atoms with Gasteiger partial charge in [0.05, 0.1) is 24.3 Å². The second kappa shape index (κ2) is 7.19. The average Bonchev–Trinajstić information content (AvgIpc) is 3.22. The largest absolute Gasteiger partial charge is 0.349 e. The van der Waals surface area contributed by atoms with Gasteiger partial charge in [-0.15, -0.1) is 11.3 Å². The maximum Gasteiger partial charge on any atom is 0.234 e. The zero-order chi connectivity index (χ0) is 16.1. The number of carbonyl (C=O) groups excluding carboxylic acids is 1. The third-order valence-electron chi connectivity index (χ3n) is 4.27. The summed E-state index contributed by atoms with van der Waals surface area (Å²) in [6, 6.07) is 5.70. The standard InChI is InChI=1S/C17H22N4OS/c1-13-12-23-16(21-13)17(7-3-4-8-17)20-11-15(22)19-10-14-6-2-5-9-18-14/h2,5-6,9,12,20H,3-4,7-8,10-11H2,1H3,(H,19,22). The van der Waals surface area contributed by atoms with E-state index in [4.69, 9.17) is 0 Å². The Labute approximate surface area is 140 Å². The molecule has 0 aliphatic heterocycles. The smallest absolute Gasteiger partial charge is 0.234 e. The molecule has 0 aromatic carbocycles. The molecule has 23 heavy (non-hydrogen) atoms. The van der Waals surface area contributed by atoms with Crippen LogP contribution in [-0.2, 0) is 16.9 Å². The summed E-state index contributed by atoms with van der Waals surface area (Å²) in [4.78, 5) is 21.0. The summed E-state index contributed by atoms with van der Waals surface area (Å²) >= 11 is 1.69. The second-order valence-electron chi connectivity index (χ2n) is 6.03. The van der Waals surface area contributed by atoms with E-state index in [0.717, 1.165) is 29.2 Å². The topological polar surface area (TPSA) is 66.9 Å². The zero-order valence-corrected chi connectivity index (χ0v) is 14.2. The third-order valence-corrected chi connectivity index (χ3v) is 5.43. The molecule has 122 valence electrons. The van der Waals surface area contributed by atoms with Crippen LogP contribution in [0.25, 0.3) is 0 Å². The molecule has 0 bridgehead atoms. The van der Waals surface area contributed by atoms with Gasteiger partial charge >= 0.3 is 0 Å². The summed E-state index contributed by atoms with van der Waals surface area (Å²) in [5, 5.41) is 9.59. The normalized spacial score (nSPS) is 16.4. The summed E-state index contributed by atoms with van der Waals surface area (Å²) in [6.07, 6.45) is 6.20. The van der Waals surface area contributed by atoms with Crippen LogP contribution in [0.15, 0.2) is 29.8 Å². The molecule has 2 heterocycles. The van der Waals surface area contributed by atoms with Crippen molar-refractivity contribution in [2.45, 2.75) is 44.7 Å². The third kappa shape index (κ3) is 3.95. The number of hydrogen-bond donors (Lipinski definition) is 2. The molecule has 3 rings (SSSR count). The first-order chi connectivity index (χ1) is 11.2. The molecule has 0 radical (unpaired) electrons. The second-order valence-corrected chi connectivity index (χ2v) is 6.89. The molecule has 1 fully saturated rings. The molecule has 0 saturated heterocycles. The lowest BCUT2D eigenvalue weighted by Gasteiger charge is -2.28. The fourth-order valence-electron chi connectivity index (χ4n) is 3.02. The monoisotopic (exact) mass is 330 g/mol. The Morgan fingerprint density at radius 2 is 2.17 bits per heavy atom. The number of hydrogen-bond acceptors (Lipinski definition) is 5. The lowest BCUT2D eigenvalue weighted by molar-refractivity contribution is -0.120. The van der Waals surface area contributed by atoms with Crippen LogP contribution in [0.4, 0.5) is 0 Å². The average molecular weight is 330 g/mol. The number of rotatable bonds is 6. The van der Waals surface area contributed by atoms with E-state index in [9.17, 15) is 4.79 Å². The van der Waals surface area contributed by atoms with Gasteiger partial charge in [-0.3, -0.25) is 15.1 Å². The fourth-order valence-corrected chi connectivity index (χ4v) is 4.06. The molecule has 5 nitrogen and oxygen atoms in total. The number of pyridine rings is 1. The fraction of sp³-hybridized carbons (Fsp3) is 0.471. The number of thiazole rings is 1. The van der Waals surface area contributed by atoms with Crippen molar-refractivity contribution in [2.24, 2.45) is 0 Å². The van der Waals surface area contributed by atoms with E-state index in [-0.39, 0.29) is 11.4 Å². The number of amides is 1. The molecule has 2 aromatic heterocycles. The van der Waals surface area contributed by atoms with Crippen LogP contribution in [0.1, 0.15) is 42.1 Å². The van der Waals surface area contributed by atoms with Crippen LogP contribution in [0.3, 0.4) is 0 Å². The molecular formula is C17H22N4OS. The van der Waals surface area contributed by atoms with E-state index in [1.807, 2.05) is 25.1 Å². The van der Waals surface area contributed by atoms with E-state index in [1.54, 1.807) is 17.5 Å². The molecule has 1 saturated carbocycles. The van der Waals surface area contributed by atoms with Gasteiger partial charge in [0.25, 0.3) is 0 Å². The van der Waals surface area contributed by atoms with Crippen LogP contribution in [-0.4, -0.2) is 22.4 Å². The van der Waals surface area contributed by atoms with Gasteiger partial charge in [0.15, 0.2) is 0 Å². The number of aromatic nitrogens is 2. The van der Waals surface area contributed by atoms with Crippen molar-refractivity contribution in [2.75, 3.05) is 6.54 Å². The van der Waals surface area contributed by atoms with Gasteiger partial charge in [-0.2, -0.15) is 0 Å². The van der Waals surface area contributed by atoms with Crippen molar-refractivity contribution >= 4 is 17.2 Å². The van der Waals surface area contributed by atoms with Gasteiger partial charge in [-0.25, -0.2) is 4.98 Å². The van der Waals surface area contributed by atoms with E-state index in [0.29, 0.717) is 13.1 Å². The number of nitrogens with one attached hydrogen (secondary N) is 2. The molecule has 0 unspecified atom stereocenters. The van der Waals surface area contributed by atoms with E-state index >= 15 is 0 Å². The summed E-state index contributed by atoms with van der Waals surface area (Å²) < 4.78 is 0. The SMILES string of the molecule is Cc1csc(C2(NCC(=O)NCc3ccccn3)CCCC2)n1. The number of aryl methyl sites for hydroxylation is 1. The number of carbonyl (C=O) groups is 1. The van der Waals surface area contributed by atoms with Crippen LogP contribution in [0.5, 0.6) is 0 Å². The Balaban J connectivity index is 1.56. The highest BCUT2D eigenvalue weighted by atomic mass is 32.1. The molecule has 2 N–H and O–H groups in total. The van der Waals surface area contributed by atoms with E-state index < -0.39 is 0 Å². The van der Waals surface area contributed by atoms with Crippen LogP contribution in [0, 0.1) is 6.92 Å². The number of nitrogens with zero attached hydrogens (tertiary/aromatic N) is 2. The van der Waals surface area contributed by atoms with Crippen molar-refractivity contribution in [3.63, 3.8) is 0 Å². The molecular weight excluding hydrogens is 308 g/mol. The minimum absolute atomic E-state index is 0.00444. The molecule has 6 heteroatoms. The van der Waals surface area contributed by atoms with E-state index in [2.05, 4.69) is 26.0 Å². The van der Waals surface area contributed by atoms with Gasteiger partial charge in [-0.1, -0.05) is 18.9 Å². The maximum absolute atomic E-state index is 12.1. The summed E-state index contributed by atoms with van der Waals surface area (Å²) in [6.45, 7) is 2.79. The molecule has 2 aromatic rings. The van der Waals surface area contributed by atoms with Crippen LogP contribution < -0.4 is 10.6 Å². The molecule has 0 spiro atoms. The first-order valence-electron chi connectivity index (χ1n) is 8.02. The Bertz CT molecular complexity index is 650. The van der Waals surface area contributed by atoms with Gasteiger partial charge in [-0.05, 0) is 31.9 Å². The Morgan fingerprint density at radius 1 is 1.35 bits per heavy atom. The minimum Gasteiger partial charge on any atom is -0.349 e. The minimum atomic E-state index is -0.124. The molecule has 0 atom stereocenters. The Kier molecular flexibility index (Phi) is 5.03. The zero-order valence-electron chi connectivity index (χ0n) is 13.3. The van der Waals surface area contributed by atoms with Crippen molar-refractivity contribution in [1.82, 2.24) is 20.6 Å². The van der Waals surface area contributed by atoms with Gasteiger partial charge in [0, 0.05) is 17.3 Å². The van der Waals surface area contributed by atoms with Crippen molar-refractivity contribution in [3.8, 4) is 0 Å². The van der Waals surface area contributed by atoms with Crippen LogP contribution >= 0.6 is 11.3 Å². The van der Waals surface area contributed by atoms with Crippen molar-refractivity contribution in [1.29, 1.82) is 0 Å². The summed E-state index contributed by atoms with van der Waals surface area (Å²) in [5.74, 6) is -0.00444. The Morgan fingerprint density at radius 3 is 2.83 bits per heavy atom. The molecule has 1 aliphatic rings. The predicted octanol–water partition coefficient (Wildman–Crippen LogP) is 2.52.